The maximum absolute atomic E-state index is 11.4. The normalized spacial score (nSPS) is 22.6. The Morgan fingerprint density at radius 2 is 2.25 bits per heavy atom. The van der Waals surface area contributed by atoms with Crippen molar-refractivity contribution in [3.63, 3.8) is 0 Å². The maximum atomic E-state index is 11.4. The Kier molecular flexibility index (Phi) is 5.09. The third-order valence-corrected chi connectivity index (χ3v) is 6.03. The predicted octanol–water partition coefficient (Wildman–Crippen LogP) is 2.29. The molecule has 0 spiro atoms. The second kappa shape index (κ2) is 6.45. The molecule has 1 aliphatic heterocycles. The van der Waals surface area contributed by atoms with Crippen LogP contribution >= 0.6 is 15.9 Å². The predicted molar refractivity (Wildman–Crippen MR) is 83.8 cm³/mol. The number of ether oxygens (including phenoxy) is 1. The molecule has 112 valence electrons. The van der Waals surface area contributed by atoms with Crippen LogP contribution in [-0.4, -0.2) is 32.1 Å². The zero-order valence-corrected chi connectivity index (χ0v) is 13.9. The molecule has 0 amide bonds. The van der Waals surface area contributed by atoms with Gasteiger partial charge in [0.15, 0.2) is 9.84 Å². The Bertz CT molecular complexity index is 574. The highest BCUT2D eigenvalue weighted by Gasteiger charge is 2.29. The van der Waals surface area contributed by atoms with E-state index in [-0.39, 0.29) is 23.7 Å². The molecule has 1 heterocycles. The standard InChI is InChI=1S/C14H20BrNO3S/c1-2-11(16)7-10-8-12(3-4-14(10)15)19-13-5-6-20(17,18)9-13/h3-4,8,11,13H,2,5-7,9,16H2,1H3. The second-order valence-electron chi connectivity index (χ2n) is 5.27. The minimum atomic E-state index is -2.91. The molecule has 0 bridgehead atoms. The van der Waals surface area contributed by atoms with E-state index in [1.54, 1.807) is 0 Å². The first-order chi connectivity index (χ1) is 9.39. The zero-order chi connectivity index (χ0) is 14.8. The summed E-state index contributed by atoms with van der Waals surface area (Å²) in [5, 5.41) is 0. The molecule has 6 heteroatoms. The zero-order valence-electron chi connectivity index (χ0n) is 11.5. The molecule has 0 saturated carbocycles. The highest BCUT2D eigenvalue weighted by atomic mass is 79.9. The van der Waals surface area contributed by atoms with E-state index in [9.17, 15) is 8.42 Å². The van der Waals surface area contributed by atoms with E-state index in [4.69, 9.17) is 10.5 Å². The van der Waals surface area contributed by atoms with Crippen LogP contribution in [0.2, 0.25) is 0 Å². The van der Waals surface area contributed by atoms with Crippen molar-refractivity contribution in [2.24, 2.45) is 5.73 Å². The summed E-state index contributed by atoms with van der Waals surface area (Å²) in [7, 11) is -2.91. The van der Waals surface area contributed by atoms with E-state index >= 15 is 0 Å². The molecule has 1 aromatic carbocycles. The van der Waals surface area contributed by atoms with Crippen LogP contribution in [0.4, 0.5) is 0 Å². The summed E-state index contributed by atoms with van der Waals surface area (Å²) in [6.45, 7) is 2.06. The summed E-state index contributed by atoms with van der Waals surface area (Å²) >= 11 is 3.51. The van der Waals surface area contributed by atoms with Crippen molar-refractivity contribution in [1.29, 1.82) is 0 Å². The van der Waals surface area contributed by atoms with E-state index in [0.29, 0.717) is 12.2 Å². The molecule has 2 N–H and O–H groups in total. The third kappa shape index (κ3) is 4.20. The first kappa shape index (κ1) is 15.8. The fourth-order valence-corrected chi connectivity index (χ4v) is 4.25. The Labute approximate surface area is 128 Å². The highest BCUT2D eigenvalue weighted by Crippen LogP contribution is 2.26. The van der Waals surface area contributed by atoms with Gasteiger partial charge in [-0.15, -0.1) is 0 Å². The van der Waals surface area contributed by atoms with Gasteiger partial charge in [0, 0.05) is 10.5 Å². The molecular formula is C14H20BrNO3S. The molecule has 2 atom stereocenters. The number of hydrogen-bond acceptors (Lipinski definition) is 4. The maximum Gasteiger partial charge on any atom is 0.154 e. The summed E-state index contributed by atoms with van der Waals surface area (Å²) in [4.78, 5) is 0. The molecule has 0 aromatic heterocycles. The minimum absolute atomic E-state index is 0.118. The Morgan fingerprint density at radius 3 is 2.85 bits per heavy atom. The van der Waals surface area contributed by atoms with Crippen molar-refractivity contribution >= 4 is 25.8 Å². The van der Waals surface area contributed by atoms with Crippen LogP contribution in [-0.2, 0) is 16.3 Å². The van der Waals surface area contributed by atoms with E-state index in [2.05, 4.69) is 22.9 Å². The topological polar surface area (TPSA) is 69.4 Å². The number of hydrogen-bond donors (Lipinski definition) is 1. The largest absolute Gasteiger partial charge is 0.489 e. The average molecular weight is 362 g/mol. The van der Waals surface area contributed by atoms with Crippen molar-refractivity contribution < 1.29 is 13.2 Å². The van der Waals surface area contributed by atoms with Crippen LogP contribution in [0.25, 0.3) is 0 Å². The van der Waals surface area contributed by atoms with Crippen molar-refractivity contribution in [1.82, 2.24) is 0 Å². The van der Waals surface area contributed by atoms with E-state index in [1.807, 2.05) is 18.2 Å². The Balaban J connectivity index is 2.07. The average Bonchev–Trinajstić information content (AvgIpc) is 2.72. The molecule has 0 aliphatic carbocycles. The monoisotopic (exact) mass is 361 g/mol. The van der Waals surface area contributed by atoms with E-state index in [0.717, 1.165) is 22.9 Å². The molecule has 1 saturated heterocycles. The number of rotatable bonds is 5. The lowest BCUT2D eigenvalue weighted by atomic mass is 10.0. The van der Waals surface area contributed by atoms with Gasteiger partial charge in [0.05, 0.1) is 11.5 Å². The number of benzene rings is 1. The number of halogens is 1. The first-order valence-electron chi connectivity index (χ1n) is 6.80. The number of sulfone groups is 1. The lowest BCUT2D eigenvalue weighted by Crippen LogP contribution is -2.22. The third-order valence-electron chi connectivity index (χ3n) is 3.52. The summed E-state index contributed by atoms with van der Waals surface area (Å²) in [5.74, 6) is 1.06. The van der Waals surface area contributed by atoms with Crippen molar-refractivity contribution in [2.75, 3.05) is 11.5 Å². The molecular weight excluding hydrogens is 342 g/mol. The second-order valence-corrected chi connectivity index (χ2v) is 8.35. The van der Waals surface area contributed by atoms with Gasteiger partial charge in [-0.05, 0) is 43.0 Å². The smallest absolute Gasteiger partial charge is 0.154 e. The lowest BCUT2D eigenvalue weighted by Gasteiger charge is -2.15. The van der Waals surface area contributed by atoms with Crippen molar-refractivity contribution in [3.8, 4) is 5.75 Å². The Hall–Kier alpha value is -0.590. The fraction of sp³-hybridized carbons (Fsp3) is 0.571. The number of nitrogens with two attached hydrogens (primary N) is 1. The summed E-state index contributed by atoms with van der Waals surface area (Å²) in [6.07, 6.45) is 2.03. The van der Waals surface area contributed by atoms with Crippen LogP contribution < -0.4 is 10.5 Å². The SMILES string of the molecule is CCC(N)Cc1cc(OC2CCS(=O)(=O)C2)ccc1Br. The van der Waals surface area contributed by atoms with Crippen LogP contribution in [0.5, 0.6) is 5.75 Å². The molecule has 0 radical (unpaired) electrons. The van der Waals surface area contributed by atoms with Gasteiger partial charge in [-0.25, -0.2) is 8.42 Å². The van der Waals surface area contributed by atoms with Gasteiger partial charge in [-0.3, -0.25) is 0 Å². The molecule has 1 aromatic rings. The first-order valence-corrected chi connectivity index (χ1v) is 9.42. The van der Waals surface area contributed by atoms with Gasteiger partial charge < -0.3 is 10.5 Å². The van der Waals surface area contributed by atoms with Crippen LogP contribution in [0.15, 0.2) is 22.7 Å². The van der Waals surface area contributed by atoms with Gasteiger partial charge in [0.1, 0.15) is 11.9 Å². The van der Waals surface area contributed by atoms with E-state index < -0.39 is 9.84 Å². The van der Waals surface area contributed by atoms with E-state index in [1.165, 1.54) is 0 Å². The highest BCUT2D eigenvalue weighted by molar-refractivity contribution is 9.10. The molecule has 1 aliphatic rings. The van der Waals surface area contributed by atoms with Gasteiger partial charge >= 0.3 is 0 Å². The van der Waals surface area contributed by atoms with Crippen LogP contribution in [0, 0.1) is 0 Å². The van der Waals surface area contributed by atoms with Gasteiger partial charge in [0.25, 0.3) is 0 Å². The van der Waals surface area contributed by atoms with Gasteiger partial charge in [-0.2, -0.15) is 0 Å². The summed E-state index contributed by atoms with van der Waals surface area (Å²) in [6, 6.07) is 5.85. The molecule has 2 rings (SSSR count). The molecule has 2 unspecified atom stereocenters. The molecule has 1 fully saturated rings. The minimum Gasteiger partial charge on any atom is -0.489 e. The van der Waals surface area contributed by atoms with Crippen molar-refractivity contribution in [3.05, 3.63) is 28.2 Å². The van der Waals surface area contributed by atoms with Crippen LogP contribution in [0.3, 0.4) is 0 Å². The molecule has 20 heavy (non-hydrogen) atoms. The fourth-order valence-electron chi connectivity index (χ4n) is 2.25. The Morgan fingerprint density at radius 1 is 1.50 bits per heavy atom. The summed E-state index contributed by atoms with van der Waals surface area (Å²) in [5.41, 5.74) is 7.08. The quantitative estimate of drug-likeness (QED) is 0.873. The van der Waals surface area contributed by atoms with Gasteiger partial charge in [-0.1, -0.05) is 22.9 Å². The van der Waals surface area contributed by atoms with Gasteiger partial charge in [0.2, 0.25) is 0 Å². The molecule has 4 nitrogen and oxygen atoms in total. The van der Waals surface area contributed by atoms with Crippen molar-refractivity contribution in [2.45, 2.75) is 38.3 Å². The summed E-state index contributed by atoms with van der Waals surface area (Å²) < 4.78 is 29.7. The lowest BCUT2D eigenvalue weighted by molar-refractivity contribution is 0.228. The van der Waals surface area contributed by atoms with Crippen LogP contribution in [0.1, 0.15) is 25.3 Å².